The minimum atomic E-state index is -3.24. The van der Waals surface area contributed by atoms with Crippen LogP contribution in [0, 0.1) is 0 Å². The molecule has 0 radical (unpaired) electrons. The van der Waals surface area contributed by atoms with Crippen LogP contribution in [0.1, 0.15) is 0 Å². The van der Waals surface area contributed by atoms with Crippen LogP contribution in [0.15, 0.2) is 12.7 Å². The molecule has 54 valence electrons. The smallest absolute Gasteiger partial charge is 0.257 e. The summed E-state index contributed by atoms with van der Waals surface area (Å²) in [6, 6.07) is 0. The quantitative estimate of drug-likeness (QED) is 0.340. The molecule has 0 aliphatic rings. The third-order valence-electron chi connectivity index (χ3n) is 0.674. The van der Waals surface area contributed by atoms with Crippen molar-refractivity contribution in [2.45, 2.75) is 0 Å². The molecule has 4 N–H and O–H groups in total. The molecule has 0 unspecified atom stereocenters. The van der Waals surface area contributed by atoms with Crippen molar-refractivity contribution in [2.75, 3.05) is 6.16 Å². The first kappa shape index (κ1) is 8.81. The van der Waals surface area contributed by atoms with E-state index >= 15 is 0 Å². The van der Waals surface area contributed by atoms with Crippen LogP contribution in [0.4, 0.5) is 0 Å². The Balaban J connectivity index is 3.93. The van der Waals surface area contributed by atoms with Crippen molar-refractivity contribution in [1.29, 1.82) is 0 Å². The SMILES string of the molecule is C=CCP(=O)(ON)ON. The Bertz CT molecular complexity index is 129. The van der Waals surface area contributed by atoms with E-state index in [9.17, 15) is 4.57 Å². The zero-order valence-electron chi connectivity index (χ0n) is 4.82. The van der Waals surface area contributed by atoms with Crippen molar-refractivity contribution < 1.29 is 13.8 Å². The first-order valence-corrected chi connectivity index (χ1v) is 3.88. The Morgan fingerprint density at radius 2 is 2.00 bits per heavy atom. The Morgan fingerprint density at radius 1 is 1.56 bits per heavy atom. The second kappa shape index (κ2) is 3.76. The Kier molecular flexibility index (Phi) is 3.68. The molecule has 0 aromatic heterocycles. The fraction of sp³-hybridized carbons (Fsp3) is 0.333. The van der Waals surface area contributed by atoms with E-state index < -0.39 is 7.60 Å². The van der Waals surface area contributed by atoms with E-state index in [1.807, 2.05) is 0 Å². The minimum absolute atomic E-state index is 0.0139. The van der Waals surface area contributed by atoms with Crippen LogP contribution in [0.3, 0.4) is 0 Å². The van der Waals surface area contributed by atoms with E-state index in [0.717, 1.165) is 0 Å². The van der Waals surface area contributed by atoms with Crippen LogP contribution in [0.2, 0.25) is 0 Å². The first-order valence-electron chi connectivity index (χ1n) is 2.15. The summed E-state index contributed by atoms with van der Waals surface area (Å²) in [7, 11) is -3.24. The maximum Gasteiger partial charge on any atom is 0.366 e. The van der Waals surface area contributed by atoms with Gasteiger partial charge in [0, 0.05) is 0 Å². The number of nitrogens with two attached hydrogens (primary N) is 2. The molecule has 0 aromatic carbocycles. The maximum absolute atomic E-state index is 10.8. The van der Waals surface area contributed by atoms with E-state index in [0.29, 0.717) is 0 Å². The molecular weight excluding hydrogens is 143 g/mol. The molecule has 0 rings (SSSR count). The van der Waals surface area contributed by atoms with Gasteiger partial charge in [0.25, 0.3) is 0 Å². The molecule has 0 saturated carbocycles. The van der Waals surface area contributed by atoms with Gasteiger partial charge in [-0.3, -0.25) is 4.57 Å². The van der Waals surface area contributed by atoms with E-state index in [2.05, 4.69) is 27.6 Å². The summed E-state index contributed by atoms with van der Waals surface area (Å²) in [6.07, 6.45) is 1.36. The summed E-state index contributed by atoms with van der Waals surface area (Å²) in [5, 5.41) is 0. The van der Waals surface area contributed by atoms with Gasteiger partial charge in [-0.05, 0) is 0 Å². The van der Waals surface area contributed by atoms with Gasteiger partial charge < -0.3 is 0 Å². The lowest BCUT2D eigenvalue weighted by atomic mass is 10.8. The van der Waals surface area contributed by atoms with Gasteiger partial charge in [0.05, 0.1) is 6.16 Å². The third-order valence-corrected chi connectivity index (χ3v) is 2.02. The van der Waals surface area contributed by atoms with E-state index in [1.165, 1.54) is 6.08 Å². The van der Waals surface area contributed by atoms with Crippen molar-refractivity contribution in [1.82, 2.24) is 0 Å². The number of allylic oxidation sites excluding steroid dienone is 1. The lowest BCUT2D eigenvalue weighted by Crippen LogP contribution is -2.06. The average molecular weight is 152 g/mol. The van der Waals surface area contributed by atoms with Crippen LogP contribution < -0.4 is 11.8 Å². The first-order chi connectivity index (χ1) is 4.18. The van der Waals surface area contributed by atoms with Gasteiger partial charge in [-0.15, -0.1) is 6.58 Å². The lowest BCUT2D eigenvalue weighted by Gasteiger charge is -2.07. The number of hydrogen-bond donors (Lipinski definition) is 2. The van der Waals surface area contributed by atoms with Gasteiger partial charge in [0.2, 0.25) is 0 Å². The molecule has 0 heterocycles. The van der Waals surface area contributed by atoms with Crippen molar-refractivity contribution in [3.63, 3.8) is 0 Å². The standard InChI is InChI=1S/C3H9N2O3P/c1-2-3-9(6,7-4)8-5/h2H,1,3-5H2. The predicted octanol–water partition coefficient (Wildman–Crippen LogP) is 0.146. The minimum Gasteiger partial charge on any atom is -0.257 e. The molecule has 9 heavy (non-hydrogen) atoms. The zero-order chi connectivity index (χ0) is 7.33. The summed E-state index contributed by atoms with van der Waals surface area (Å²) in [6.45, 7) is 3.30. The van der Waals surface area contributed by atoms with Crippen LogP contribution in [-0.2, 0) is 13.8 Å². The van der Waals surface area contributed by atoms with Gasteiger partial charge >= 0.3 is 7.60 Å². The molecule has 0 amide bonds. The van der Waals surface area contributed by atoms with E-state index in [4.69, 9.17) is 0 Å². The highest BCUT2D eigenvalue weighted by atomic mass is 31.2. The molecule has 5 nitrogen and oxygen atoms in total. The van der Waals surface area contributed by atoms with Gasteiger partial charge in [0.15, 0.2) is 0 Å². The number of rotatable bonds is 4. The van der Waals surface area contributed by atoms with Gasteiger partial charge in [0.1, 0.15) is 0 Å². The second-order valence-corrected chi connectivity index (χ2v) is 3.30. The fourth-order valence-corrected chi connectivity index (χ4v) is 0.807. The van der Waals surface area contributed by atoms with Crippen LogP contribution in [-0.4, -0.2) is 6.16 Å². The monoisotopic (exact) mass is 152 g/mol. The van der Waals surface area contributed by atoms with Gasteiger partial charge in [-0.25, -0.2) is 21.0 Å². The zero-order valence-corrected chi connectivity index (χ0v) is 5.71. The largest absolute Gasteiger partial charge is 0.366 e. The molecule has 0 aliphatic heterocycles. The molecule has 0 saturated heterocycles. The molecule has 6 heteroatoms. The Labute approximate surface area is 53.1 Å². The van der Waals surface area contributed by atoms with Gasteiger partial charge in [-0.2, -0.15) is 0 Å². The maximum atomic E-state index is 10.8. The average Bonchev–Trinajstić information content (AvgIpc) is 1.89. The highest BCUT2D eigenvalue weighted by molar-refractivity contribution is 7.53. The van der Waals surface area contributed by atoms with E-state index in [-0.39, 0.29) is 6.16 Å². The Hall–Kier alpha value is -0.190. The number of hydrogen-bond acceptors (Lipinski definition) is 5. The molecule has 0 bridgehead atoms. The molecule has 0 spiro atoms. The second-order valence-electron chi connectivity index (χ2n) is 1.29. The molecule has 0 aliphatic carbocycles. The molecular formula is C3H9N2O3P. The topological polar surface area (TPSA) is 87.6 Å². The Morgan fingerprint density at radius 3 is 2.11 bits per heavy atom. The summed E-state index contributed by atoms with van der Waals surface area (Å²) in [5.41, 5.74) is 0. The summed E-state index contributed by atoms with van der Waals surface area (Å²) in [5.74, 6) is 9.18. The lowest BCUT2D eigenvalue weighted by molar-refractivity contribution is 0.214. The van der Waals surface area contributed by atoms with Crippen LogP contribution in [0.5, 0.6) is 0 Å². The van der Waals surface area contributed by atoms with Crippen LogP contribution >= 0.6 is 7.60 Å². The highest BCUT2D eigenvalue weighted by Crippen LogP contribution is 2.43. The molecule has 0 aromatic rings. The normalized spacial score (nSPS) is 11.3. The predicted molar refractivity (Wildman–Crippen MR) is 33.2 cm³/mol. The van der Waals surface area contributed by atoms with Crippen molar-refractivity contribution in [2.24, 2.45) is 11.8 Å². The third kappa shape index (κ3) is 2.74. The summed E-state index contributed by atoms with van der Waals surface area (Å²) in [4.78, 5) is 0. The van der Waals surface area contributed by atoms with Gasteiger partial charge in [-0.1, -0.05) is 6.08 Å². The van der Waals surface area contributed by atoms with Crippen molar-refractivity contribution in [3.05, 3.63) is 12.7 Å². The summed E-state index contributed by atoms with van der Waals surface area (Å²) < 4.78 is 18.7. The fourth-order valence-electron chi connectivity index (χ4n) is 0.269. The highest BCUT2D eigenvalue weighted by Gasteiger charge is 2.19. The van der Waals surface area contributed by atoms with Crippen molar-refractivity contribution >= 4 is 7.60 Å². The molecule has 0 atom stereocenters. The molecule has 0 fully saturated rings. The van der Waals surface area contributed by atoms with Crippen molar-refractivity contribution in [3.8, 4) is 0 Å². The van der Waals surface area contributed by atoms with Crippen LogP contribution in [0.25, 0.3) is 0 Å². The summed E-state index contributed by atoms with van der Waals surface area (Å²) >= 11 is 0. The van der Waals surface area contributed by atoms with E-state index in [1.54, 1.807) is 0 Å².